The van der Waals surface area contributed by atoms with Gasteiger partial charge in [-0.2, -0.15) is 0 Å². The summed E-state index contributed by atoms with van der Waals surface area (Å²) in [5.74, 6) is 4.79. The second-order valence-electron chi connectivity index (χ2n) is 2.37. The number of amides is 1. The first-order valence-electron chi connectivity index (χ1n) is 3.46. The quantitative estimate of drug-likeness (QED) is 0.364. The fourth-order valence-corrected chi connectivity index (χ4v) is 1.49. The molecule has 0 aromatic heterocycles. The summed E-state index contributed by atoms with van der Waals surface area (Å²) in [4.78, 5) is 10.9. The first-order valence-corrected chi connectivity index (χ1v) is 4.54. The molecule has 1 aromatic rings. The molecule has 64 valence electrons. The monoisotopic (exact) mass is 276 g/mol. The molecule has 0 aliphatic carbocycles. The van der Waals surface area contributed by atoms with Gasteiger partial charge in [-0.15, -0.1) is 0 Å². The molecule has 0 aliphatic heterocycles. The van der Waals surface area contributed by atoms with Crippen LogP contribution in [0.5, 0.6) is 0 Å². The lowest BCUT2D eigenvalue weighted by Gasteiger charge is -1.99. The maximum absolute atomic E-state index is 10.9. The molecule has 0 atom stereocenters. The van der Waals surface area contributed by atoms with Crippen molar-refractivity contribution in [2.24, 2.45) is 5.84 Å². The van der Waals surface area contributed by atoms with Crippen molar-refractivity contribution in [2.45, 2.75) is 6.42 Å². The summed E-state index contributed by atoms with van der Waals surface area (Å²) in [6.45, 7) is 0. The molecule has 0 saturated carbocycles. The van der Waals surface area contributed by atoms with Crippen LogP contribution in [0.4, 0.5) is 0 Å². The largest absolute Gasteiger partial charge is 0.294 e. The van der Waals surface area contributed by atoms with E-state index < -0.39 is 0 Å². The third-order valence-corrected chi connectivity index (χ3v) is 2.09. The highest BCUT2D eigenvalue weighted by molar-refractivity contribution is 14.1. The summed E-state index contributed by atoms with van der Waals surface area (Å²) >= 11 is 2.20. The Morgan fingerprint density at radius 3 is 2.92 bits per heavy atom. The number of hydrogen-bond acceptors (Lipinski definition) is 2. The van der Waals surface area contributed by atoms with Crippen LogP contribution in [-0.4, -0.2) is 5.91 Å². The van der Waals surface area contributed by atoms with Gasteiger partial charge in [-0.3, -0.25) is 10.2 Å². The molecular weight excluding hydrogens is 267 g/mol. The van der Waals surface area contributed by atoms with E-state index in [4.69, 9.17) is 5.84 Å². The molecule has 12 heavy (non-hydrogen) atoms. The van der Waals surface area contributed by atoms with Gasteiger partial charge in [-0.25, -0.2) is 5.84 Å². The fraction of sp³-hybridized carbons (Fsp3) is 0.125. The van der Waals surface area contributed by atoms with Gasteiger partial charge in [0.05, 0.1) is 6.42 Å². The van der Waals surface area contributed by atoms with Crippen molar-refractivity contribution in [3.8, 4) is 0 Å². The second-order valence-corrected chi connectivity index (χ2v) is 3.62. The highest BCUT2D eigenvalue weighted by atomic mass is 127. The highest BCUT2D eigenvalue weighted by Gasteiger charge is 2.00. The van der Waals surface area contributed by atoms with E-state index in [1.165, 1.54) is 0 Å². The fourth-order valence-electron chi connectivity index (χ4n) is 0.883. The molecule has 0 heterocycles. The Morgan fingerprint density at radius 2 is 2.33 bits per heavy atom. The van der Waals surface area contributed by atoms with E-state index in [-0.39, 0.29) is 5.91 Å². The van der Waals surface area contributed by atoms with Crippen LogP contribution in [0.2, 0.25) is 0 Å². The molecule has 0 spiro atoms. The Kier molecular flexibility index (Phi) is 3.48. The molecule has 1 aromatic carbocycles. The molecule has 3 N–H and O–H groups in total. The van der Waals surface area contributed by atoms with Crippen LogP contribution in [-0.2, 0) is 11.2 Å². The molecule has 1 rings (SSSR count). The first kappa shape index (κ1) is 9.47. The molecule has 0 unspecified atom stereocenters. The lowest BCUT2D eigenvalue weighted by molar-refractivity contribution is -0.120. The number of nitrogens with two attached hydrogens (primary N) is 1. The maximum Gasteiger partial charge on any atom is 0.238 e. The van der Waals surface area contributed by atoms with Gasteiger partial charge in [0.2, 0.25) is 5.91 Å². The van der Waals surface area contributed by atoms with Crippen LogP contribution in [0.1, 0.15) is 5.56 Å². The predicted octanol–water partition coefficient (Wildman–Crippen LogP) is 0.824. The number of carbonyl (C=O) groups excluding carboxylic acids is 1. The van der Waals surface area contributed by atoms with Crippen molar-refractivity contribution in [1.82, 2.24) is 5.43 Å². The number of hydrazine groups is 1. The van der Waals surface area contributed by atoms with Crippen molar-refractivity contribution in [3.05, 3.63) is 33.4 Å². The van der Waals surface area contributed by atoms with Crippen molar-refractivity contribution < 1.29 is 4.79 Å². The average Bonchev–Trinajstić information content (AvgIpc) is 2.04. The van der Waals surface area contributed by atoms with Gasteiger partial charge in [0.25, 0.3) is 0 Å². The summed E-state index contributed by atoms with van der Waals surface area (Å²) in [5.41, 5.74) is 3.07. The molecule has 0 fully saturated rings. The van der Waals surface area contributed by atoms with E-state index in [0.717, 1.165) is 9.13 Å². The summed E-state index contributed by atoms with van der Waals surface area (Å²) in [5, 5.41) is 0. The van der Waals surface area contributed by atoms with Crippen molar-refractivity contribution in [3.63, 3.8) is 0 Å². The number of nitrogens with one attached hydrogen (secondary N) is 1. The van der Waals surface area contributed by atoms with Crippen LogP contribution in [0.3, 0.4) is 0 Å². The Hall–Kier alpha value is -0.620. The predicted molar refractivity (Wildman–Crippen MR) is 55.2 cm³/mol. The SMILES string of the molecule is NNC(=O)Cc1cccc(I)c1. The van der Waals surface area contributed by atoms with E-state index in [1.54, 1.807) is 0 Å². The first-order chi connectivity index (χ1) is 5.72. The normalized spacial score (nSPS) is 9.50. The van der Waals surface area contributed by atoms with Gasteiger partial charge in [0, 0.05) is 3.57 Å². The molecule has 0 aliphatic rings. The van der Waals surface area contributed by atoms with Gasteiger partial charge >= 0.3 is 0 Å². The van der Waals surface area contributed by atoms with Crippen LogP contribution >= 0.6 is 22.6 Å². The van der Waals surface area contributed by atoms with Crippen LogP contribution in [0.15, 0.2) is 24.3 Å². The van der Waals surface area contributed by atoms with E-state index in [0.29, 0.717) is 6.42 Å². The zero-order chi connectivity index (χ0) is 8.97. The highest BCUT2D eigenvalue weighted by Crippen LogP contribution is 2.07. The molecule has 3 nitrogen and oxygen atoms in total. The third kappa shape index (κ3) is 2.78. The zero-order valence-corrected chi connectivity index (χ0v) is 8.54. The topological polar surface area (TPSA) is 55.1 Å². The maximum atomic E-state index is 10.9. The van der Waals surface area contributed by atoms with Crippen LogP contribution in [0.25, 0.3) is 0 Å². The minimum Gasteiger partial charge on any atom is -0.294 e. The van der Waals surface area contributed by atoms with Gasteiger partial charge in [0.15, 0.2) is 0 Å². The number of halogens is 1. The summed E-state index contributed by atoms with van der Waals surface area (Å²) in [6, 6.07) is 7.75. The van der Waals surface area contributed by atoms with Crippen molar-refractivity contribution in [2.75, 3.05) is 0 Å². The number of hydrogen-bond donors (Lipinski definition) is 2. The summed E-state index contributed by atoms with van der Waals surface area (Å²) in [7, 11) is 0. The standard InChI is InChI=1S/C8H9IN2O/c9-7-3-1-2-6(4-7)5-8(12)11-10/h1-4H,5,10H2,(H,11,12). The Labute approximate surface area is 84.4 Å². The van der Waals surface area contributed by atoms with E-state index in [2.05, 4.69) is 28.0 Å². The Morgan fingerprint density at radius 1 is 1.58 bits per heavy atom. The molecule has 0 bridgehead atoms. The van der Waals surface area contributed by atoms with Gasteiger partial charge in [-0.05, 0) is 40.3 Å². The average molecular weight is 276 g/mol. The molecule has 0 saturated heterocycles. The minimum atomic E-state index is -0.169. The van der Waals surface area contributed by atoms with E-state index in [9.17, 15) is 4.79 Å². The van der Waals surface area contributed by atoms with Gasteiger partial charge < -0.3 is 0 Å². The van der Waals surface area contributed by atoms with Crippen LogP contribution < -0.4 is 11.3 Å². The Bertz CT molecular complexity index is 288. The molecule has 1 amide bonds. The molecule has 4 heteroatoms. The smallest absolute Gasteiger partial charge is 0.238 e. The second kappa shape index (κ2) is 4.42. The van der Waals surface area contributed by atoms with Crippen molar-refractivity contribution >= 4 is 28.5 Å². The lowest BCUT2D eigenvalue weighted by atomic mass is 10.1. The summed E-state index contributed by atoms with van der Waals surface area (Å²) < 4.78 is 1.12. The zero-order valence-electron chi connectivity index (χ0n) is 6.38. The lowest BCUT2D eigenvalue weighted by Crippen LogP contribution is -2.31. The van der Waals surface area contributed by atoms with E-state index >= 15 is 0 Å². The number of carbonyl (C=O) groups is 1. The minimum absolute atomic E-state index is 0.169. The van der Waals surface area contributed by atoms with Crippen LogP contribution in [0, 0.1) is 3.57 Å². The third-order valence-electron chi connectivity index (χ3n) is 1.41. The van der Waals surface area contributed by atoms with Crippen molar-refractivity contribution in [1.29, 1.82) is 0 Å². The van der Waals surface area contributed by atoms with E-state index in [1.807, 2.05) is 24.3 Å². The molecule has 0 radical (unpaired) electrons. The molecular formula is C8H9IN2O. The summed E-state index contributed by atoms with van der Waals surface area (Å²) in [6.07, 6.45) is 0.341. The van der Waals surface area contributed by atoms with Gasteiger partial charge in [-0.1, -0.05) is 12.1 Å². The Balaban J connectivity index is 2.69. The van der Waals surface area contributed by atoms with Gasteiger partial charge in [0.1, 0.15) is 0 Å². The number of benzene rings is 1. The number of rotatable bonds is 2.